The predicted octanol–water partition coefficient (Wildman–Crippen LogP) is 4.00. The fraction of sp³-hybridized carbons (Fsp3) is 0.440. The van der Waals surface area contributed by atoms with Crippen LogP contribution in [0.2, 0.25) is 0 Å². The summed E-state index contributed by atoms with van der Waals surface area (Å²) in [6.45, 7) is 9.34. The summed E-state index contributed by atoms with van der Waals surface area (Å²) in [7, 11) is 3.67. The lowest BCUT2D eigenvalue weighted by Crippen LogP contribution is -2.61. The van der Waals surface area contributed by atoms with E-state index in [-0.39, 0.29) is 28.7 Å². The van der Waals surface area contributed by atoms with Crippen LogP contribution in [-0.2, 0) is 4.79 Å². The molecule has 3 aromatic rings. The van der Waals surface area contributed by atoms with Crippen molar-refractivity contribution in [2.45, 2.75) is 57.7 Å². The Hall–Kier alpha value is -3.46. The summed E-state index contributed by atoms with van der Waals surface area (Å²) in [6.07, 6.45) is 1.97. The average Bonchev–Trinajstić information content (AvgIpc) is 2.77. The van der Waals surface area contributed by atoms with E-state index in [0.29, 0.717) is 40.2 Å². The molecule has 1 saturated heterocycles. The zero-order valence-electron chi connectivity index (χ0n) is 20.4. The molecule has 9 heteroatoms. The largest absolute Gasteiger partial charge is 0.507 e. The molecule has 34 heavy (non-hydrogen) atoms. The van der Waals surface area contributed by atoms with Gasteiger partial charge in [0.15, 0.2) is 0 Å². The third kappa shape index (κ3) is 4.48. The minimum absolute atomic E-state index is 0.0190. The first-order valence-corrected chi connectivity index (χ1v) is 11.2. The van der Waals surface area contributed by atoms with Gasteiger partial charge in [0.05, 0.1) is 18.3 Å². The third-order valence-electron chi connectivity index (χ3n) is 6.85. The molecule has 1 aliphatic heterocycles. The Morgan fingerprint density at radius 1 is 1.12 bits per heavy atom. The number of anilines is 1. The summed E-state index contributed by atoms with van der Waals surface area (Å²) in [4.78, 5) is 17.5. The van der Waals surface area contributed by atoms with E-state index >= 15 is 0 Å². The van der Waals surface area contributed by atoms with Crippen LogP contribution in [0.1, 0.15) is 40.5 Å². The van der Waals surface area contributed by atoms with E-state index in [0.717, 1.165) is 12.8 Å². The number of hydrogen-bond acceptors (Lipinski definition) is 9. The number of nitrogens with one attached hydrogen (secondary N) is 1. The first-order valence-electron chi connectivity index (χ1n) is 11.2. The van der Waals surface area contributed by atoms with E-state index in [1.807, 2.05) is 12.1 Å². The van der Waals surface area contributed by atoms with Gasteiger partial charge in [0.25, 0.3) is 6.47 Å². The van der Waals surface area contributed by atoms with Crippen molar-refractivity contribution in [3.8, 4) is 28.6 Å². The van der Waals surface area contributed by atoms with Crippen molar-refractivity contribution >= 4 is 23.2 Å². The molecule has 1 aromatic carbocycles. The van der Waals surface area contributed by atoms with Crippen molar-refractivity contribution < 1.29 is 19.4 Å². The van der Waals surface area contributed by atoms with Gasteiger partial charge < -0.3 is 19.9 Å². The summed E-state index contributed by atoms with van der Waals surface area (Å²) in [5, 5.41) is 23.5. The Labute approximate surface area is 199 Å². The van der Waals surface area contributed by atoms with Crippen LogP contribution in [0.25, 0.3) is 22.2 Å². The van der Waals surface area contributed by atoms with Gasteiger partial charge in [-0.3, -0.25) is 9.69 Å². The van der Waals surface area contributed by atoms with Crippen LogP contribution in [0.5, 0.6) is 17.4 Å². The van der Waals surface area contributed by atoms with Gasteiger partial charge in [-0.2, -0.15) is 0 Å². The number of phenols is 1. The Balaban J connectivity index is 1.61. The first kappa shape index (κ1) is 23.7. The Morgan fingerprint density at radius 2 is 1.82 bits per heavy atom. The van der Waals surface area contributed by atoms with E-state index in [9.17, 15) is 9.90 Å². The van der Waals surface area contributed by atoms with Crippen LogP contribution < -0.4 is 14.8 Å². The van der Waals surface area contributed by atoms with E-state index in [1.165, 1.54) is 13.2 Å². The summed E-state index contributed by atoms with van der Waals surface area (Å²) >= 11 is 0. The highest BCUT2D eigenvalue weighted by Crippen LogP contribution is 2.39. The summed E-state index contributed by atoms with van der Waals surface area (Å²) < 4.78 is 10.2. The minimum atomic E-state index is 0.0190. The predicted molar refractivity (Wildman–Crippen MR) is 130 cm³/mol. The molecule has 2 N–H and O–H groups in total. The molecule has 4 rings (SSSR count). The number of phenolic OH excluding ortho intramolecular Hbond substituents is 1. The van der Waals surface area contributed by atoms with Crippen LogP contribution in [-0.4, -0.2) is 62.9 Å². The van der Waals surface area contributed by atoms with Gasteiger partial charge in [0.1, 0.15) is 17.3 Å². The number of benzene rings is 1. The maximum absolute atomic E-state index is 10.7. The van der Waals surface area contributed by atoms with Gasteiger partial charge >= 0.3 is 0 Å². The standard InChI is InChI=1S/C25H31N5O4/c1-24(2)12-15(13-25(3,4)30(24)5)26-22-8-7-18(28-29-22)16-9-19-17(10-20(16)32)21(33-6)11-23(27-19)34-14-31/h7-11,14-15,32H,12-13H2,1-6H3,(H,26,29). The maximum Gasteiger partial charge on any atom is 0.299 e. The molecule has 2 aromatic heterocycles. The number of hydrogen-bond donors (Lipinski definition) is 2. The molecule has 180 valence electrons. The van der Waals surface area contributed by atoms with Crippen molar-refractivity contribution in [1.29, 1.82) is 0 Å². The van der Waals surface area contributed by atoms with Crippen LogP contribution in [0.3, 0.4) is 0 Å². The molecule has 0 radical (unpaired) electrons. The monoisotopic (exact) mass is 465 g/mol. The second-order valence-electron chi connectivity index (χ2n) is 10.0. The molecule has 0 amide bonds. The van der Waals surface area contributed by atoms with Crippen LogP contribution in [0.15, 0.2) is 30.3 Å². The second-order valence-corrected chi connectivity index (χ2v) is 10.0. The van der Waals surface area contributed by atoms with Gasteiger partial charge in [0.2, 0.25) is 5.88 Å². The summed E-state index contributed by atoms with van der Waals surface area (Å²) in [5.41, 5.74) is 1.57. The quantitative estimate of drug-likeness (QED) is 0.522. The van der Waals surface area contributed by atoms with Crippen LogP contribution in [0.4, 0.5) is 5.82 Å². The van der Waals surface area contributed by atoms with E-state index in [1.54, 1.807) is 12.1 Å². The van der Waals surface area contributed by atoms with Crippen molar-refractivity contribution in [2.24, 2.45) is 0 Å². The zero-order chi connectivity index (χ0) is 24.7. The topological polar surface area (TPSA) is 110 Å². The van der Waals surface area contributed by atoms with Gasteiger partial charge in [-0.15, -0.1) is 10.2 Å². The molecule has 1 fully saturated rings. The highest BCUT2D eigenvalue weighted by molar-refractivity contribution is 5.92. The Bertz CT molecular complexity index is 1190. The van der Waals surface area contributed by atoms with Gasteiger partial charge in [0, 0.05) is 34.1 Å². The lowest BCUT2D eigenvalue weighted by Gasteiger charge is -2.53. The van der Waals surface area contributed by atoms with Gasteiger partial charge in [-0.1, -0.05) is 0 Å². The molecular formula is C25H31N5O4. The number of carbonyl (C=O) groups excluding carboxylic acids is 1. The first-order chi connectivity index (χ1) is 16.0. The number of piperidine rings is 1. The molecule has 0 bridgehead atoms. The summed E-state index contributed by atoms with van der Waals surface area (Å²) in [5.74, 6) is 1.24. The smallest absolute Gasteiger partial charge is 0.299 e. The molecule has 9 nitrogen and oxygen atoms in total. The molecule has 3 heterocycles. The van der Waals surface area contributed by atoms with Gasteiger partial charge in [-0.05, 0) is 71.8 Å². The normalized spacial score (nSPS) is 17.9. The molecular weight excluding hydrogens is 434 g/mol. The van der Waals surface area contributed by atoms with Crippen LogP contribution >= 0.6 is 0 Å². The molecule has 0 aliphatic carbocycles. The maximum atomic E-state index is 10.7. The molecule has 0 unspecified atom stereocenters. The van der Waals surface area contributed by atoms with Crippen molar-refractivity contribution in [1.82, 2.24) is 20.1 Å². The number of ether oxygens (including phenoxy) is 2. The number of carbonyl (C=O) groups is 1. The lowest BCUT2D eigenvalue weighted by atomic mass is 9.77. The van der Waals surface area contributed by atoms with E-state index in [4.69, 9.17) is 9.47 Å². The average molecular weight is 466 g/mol. The van der Waals surface area contributed by atoms with Crippen molar-refractivity contribution in [2.75, 3.05) is 19.5 Å². The number of nitrogens with zero attached hydrogens (tertiary/aromatic N) is 4. The highest BCUT2D eigenvalue weighted by Gasteiger charge is 2.43. The fourth-order valence-corrected chi connectivity index (χ4v) is 4.93. The molecule has 0 spiro atoms. The van der Waals surface area contributed by atoms with E-state index in [2.05, 4.69) is 60.1 Å². The third-order valence-corrected chi connectivity index (χ3v) is 6.85. The Morgan fingerprint density at radius 3 is 2.41 bits per heavy atom. The van der Waals surface area contributed by atoms with Crippen LogP contribution in [0, 0.1) is 0 Å². The second kappa shape index (κ2) is 8.72. The summed E-state index contributed by atoms with van der Waals surface area (Å²) in [6, 6.07) is 8.65. The number of rotatable bonds is 6. The van der Waals surface area contributed by atoms with E-state index < -0.39 is 0 Å². The zero-order valence-corrected chi connectivity index (χ0v) is 20.4. The number of fused-ring (bicyclic) bond motifs is 1. The van der Waals surface area contributed by atoms with Crippen molar-refractivity contribution in [3.63, 3.8) is 0 Å². The molecule has 0 saturated carbocycles. The number of pyridine rings is 1. The molecule has 0 atom stereocenters. The SMILES string of the molecule is COc1cc(OC=O)nc2cc(-c3ccc(NC4CC(C)(C)N(C)C(C)(C)C4)nn3)c(O)cc12. The number of aromatic nitrogens is 3. The van der Waals surface area contributed by atoms with Gasteiger partial charge in [-0.25, -0.2) is 4.98 Å². The molecule has 1 aliphatic rings. The fourth-order valence-electron chi connectivity index (χ4n) is 4.93. The minimum Gasteiger partial charge on any atom is -0.507 e. The lowest BCUT2D eigenvalue weighted by molar-refractivity contribution is -0.120. The number of methoxy groups -OCH3 is 1. The van der Waals surface area contributed by atoms with Crippen molar-refractivity contribution in [3.05, 3.63) is 30.3 Å². The highest BCUT2D eigenvalue weighted by atomic mass is 16.5. The number of likely N-dealkylation sites (tertiary alicyclic amines) is 1. The number of aromatic hydroxyl groups is 1. The Kier molecular flexibility index (Phi) is 6.07.